The van der Waals surface area contributed by atoms with Crippen LogP contribution in [-0.4, -0.2) is 47.0 Å². The zero-order valence-electron chi connectivity index (χ0n) is 17.8. The topological polar surface area (TPSA) is 76.4 Å². The highest BCUT2D eigenvalue weighted by Crippen LogP contribution is 2.39. The number of rotatable bonds is 7. The molecule has 3 rings (SSSR count). The minimum absolute atomic E-state index is 0. The Hall–Kier alpha value is -0.900. The summed E-state index contributed by atoms with van der Waals surface area (Å²) in [4.78, 5) is 9.50. The van der Waals surface area contributed by atoms with Crippen LogP contribution in [0, 0.1) is 11.3 Å². The molecule has 1 aromatic heterocycles. The Kier molecular flexibility index (Phi) is 8.98. The number of nitrogens with one attached hydrogen (secondary N) is 2. The zero-order chi connectivity index (χ0) is 19.3. The van der Waals surface area contributed by atoms with Gasteiger partial charge in [0.2, 0.25) is 0 Å². The first-order valence-electron chi connectivity index (χ1n) is 10.5. The summed E-state index contributed by atoms with van der Waals surface area (Å²) >= 11 is 0. The number of hydrogen-bond donors (Lipinski definition) is 2. The molecule has 28 heavy (non-hydrogen) atoms. The summed E-state index contributed by atoms with van der Waals surface area (Å²) in [6, 6.07) is 0.321. The molecule has 0 radical (unpaired) electrons. The molecule has 0 bridgehead atoms. The normalized spacial score (nSPS) is 20.6. The number of guanidine groups is 1. The summed E-state index contributed by atoms with van der Waals surface area (Å²) < 4.78 is 7.17. The van der Waals surface area contributed by atoms with E-state index in [1.807, 2.05) is 4.68 Å². The van der Waals surface area contributed by atoms with Crippen molar-refractivity contribution in [2.75, 3.05) is 20.2 Å². The highest BCUT2D eigenvalue weighted by molar-refractivity contribution is 14.0. The van der Waals surface area contributed by atoms with E-state index in [4.69, 9.17) is 9.73 Å². The molecule has 1 fully saturated rings. The van der Waals surface area contributed by atoms with Crippen LogP contribution in [-0.2, 0) is 24.3 Å². The third-order valence-electron chi connectivity index (χ3n) is 5.97. The summed E-state index contributed by atoms with van der Waals surface area (Å²) in [5.74, 6) is 3.56. The first-order valence-corrected chi connectivity index (χ1v) is 10.5. The second-order valence-electron chi connectivity index (χ2n) is 8.60. The van der Waals surface area contributed by atoms with E-state index in [1.54, 1.807) is 7.11 Å². The third kappa shape index (κ3) is 6.05. The number of aryl methyl sites for hydroxylation is 1. The first kappa shape index (κ1) is 23.4. The van der Waals surface area contributed by atoms with Crippen LogP contribution >= 0.6 is 24.0 Å². The molecular formula is C20H37IN6O. The summed E-state index contributed by atoms with van der Waals surface area (Å²) in [6.07, 6.45) is 7.44. The van der Waals surface area contributed by atoms with E-state index in [2.05, 4.69) is 41.5 Å². The van der Waals surface area contributed by atoms with E-state index >= 15 is 0 Å². The minimum Gasteiger partial charge on any atom is -0.377 e. The van der Waals surface area contributed by atoms with Gasteiger partial charge in [0.05, 0.1) is 6.54 Å². The van der Waals surface area contributed by atoms with Crippen molar-refractivity contribution in [2.45, 2.75) is 78.5 Å². The smallest absolute Gasteiger partial charge is 0.191 e. The number of halogens is 1. The molecule has 2 N–H and O–H groups in total. The maximum atomic E-state index is 5.15. The molecule has 1 aromatic rings. The maximum absolute atomic E-state index is 5.15. The molecule has 8 heteroatoms. The van der Waals surface area contributed by atoms with Gasteiger partial charge in [0.1, 0.15) is 12.4 Å². The highest BCUT2D eigenvalue weighted by atomic mass is 127. The van der Waals surface area contributed by atoms with Gasteiger partial charge in [-0.15, -0.1) is 24.0 Å². The van der Waals surface area contributed by atoms with Gasteiger partial charge in [-0.05, 0) is 37.5 Å². The van der Waals surface area contributed by atoms with Gasteiger partial charge in [-0.2, -0.15) is 5.10 Å². The van der Waals surface area contributed by atoms with E-state index in [-0.39, 0.29) is 29.4 Å². The van der Waals surface area contributed by atoms with E-state index in [0.717, 1.165) is 56.0 Å². The second-order valence-corrected chi connectivity index (χ2v) is 8.60. The number of aliphatic imine (C=N–C) groups is 1. The summed E-state index contributed by atoms with van der Waals surface area (Å²) in [5.41, 5.74) is 0.263. The van der Waals surface area contributed by atoms with Gasteiger partial charge in [-0.25, -0.2) is 9.67 Å². The molecule has 160 valence electrons. The van der Waals surface area contributed by atoms with Gasteiger partial charge in [0.25, 0.3) is 0 Å². The fourth-order valence-electron chi connectivity index (χ4n) is 4.30. The Balaban J connectivity index is 0.00000280. The Bertz CT molecular complexity index is 639. The molecule has 0 saturated heterocycles. The SMILES string of the molecule is CCNC(=NCC(C)(C)C1CCCC1)NC1CCc2nc(COC)nn2C1.I. The fourth-order valence-corrected chi connectivity index (χ4v) is 4.30. The molecule has 2 heterocycles. The Morgan fingerprint density at radius 1 is 1.29 bits per heavy atom. The van der Waals surface area contributed by atoms with Crippen molar-refractivity contribution in [3.63, 3.8) is 0 Å². The average Bonchev–Trinajstić information content (AvgIpc) is 3.30. The predicted molar refractivity (Wildman–Crippen MR) is 123 cm³/mol. The summed E-state index contributed by atoms with van der Waals surface area (Å²) in [5, 5.41) is 11.6. The lowest BCUT2D eigenvalue weighted by molar-refractivity contribution is 0.177. The van der Waals surface area contributed by atoms with Crippen LogP contribution in [0.5, 0.6) is 0 Å². The summed E-state index contributed by atoms with van der Waals surface area (Å²) in [6.45, 7) is 9.89. The van der Waals surface area contributed by atoms with Crippen molar-refractivity contribution < 1.29 is 4.74 Å². The molecule has 0 aromatic carbocycles. The van der Waals surface area contributed by atoms with Gasteiger partial charge in [0.15, 0.2) is 11.8 Å². The third-order valence-corrected chi connectivity index (χ3v) is 5.97. The molecule has 1 aliphatic carbocycles. The van der Waals surface area contributed by atoms with Crippen LogP contribution in [0.1, 0.15) is 64.5 Å². The number of fused-ring (bicyclic) bond motifs is 1. The van der Waals surface area contributed by atoms with Crippen LogP contribution in [0.25, 0.3) is 0 Å². The quantitative estimate of drug-likeness (QED) is 0.339. The monoisotopic (exact) mass is 504 g/mol. The second kappa shape index (κ2) is 10.8. The molecule has 0 amide bonds. The number of ether oxygens (including phenoxy) is 1. The van der Waals surface area contributed by atoms with E-state index in [1.165, 1.54) is 25.7 Å². The number of methoxy groups -OCH3 is 1. The lowest BCUT2D eigenvalue weighted by Crippen LogP contribution is -2.47. The van der Waals surface area contributed by atoms with Crippen molar-refractivity contribution in [1.82, 2.24) is 25.4 Å². The largest absolute Gasteiger partial charge is 0.377 e. The van der Waals surface area contributed by atoms with Crippen LogP contribution in [0.4, 0.5) is 0 Å². The molecule has 1 aliphatic heterocycles. The van der Waals surface area contributed by atoms with Crippen molar-refractivity contribution in [1.29, 1.82) is 0 Å². The van der Waals surface area contributed by atoms with E-state index in [0.29, 0.717) is 12.6 Å². The molecule has 1 atom stereocenters. The van der Waals surface area contributed by atoms with Crippen molar-refractivity contribution in [3.05, 3.63) is 11.6 Å². The predicted octanol–water partition coefficient (Wildman–Crippen LogP) is 3.13. The number of nitrogens with zero attached hydrogens (tertiary/aromatic N) is 4. The molecule has 1 unspecified atom stereocenters. The maximum Gasteiger partial charge on any atom is 0.191 e. The number of aromatic nitrogens is 3. The van der Waals surface area contributed by atoms with Gasteiger partial charge in [0, 0.05) is 32.7 Å². The van der Waals surface area contributed by atoms with Crippen molar-refractivity contribution >= 4 is 29.9 Å². The van der Waals surface area contributed by atoms with Crippen LogP contribution in [0.3, 0.4) is 0 Å². The summed E-state index contributed by atoms with van der Waals surface area (Å²) in [7, 11) is 1.68. The van der Waals surface area contributed by atoms with Crippen LogP contribution in [0.15, 0.2) is 4.99 Å². The van der Waals surface area contributed by atoms with Crippen LogP contribution < -0.4 is 10.6 Å². The average molecular weight is 504 g/mol. The highest BCUT2D eigenvalue weighted by Gasteiger charge is 2.31. The molecular weight excluding hydrogens is 467 g/mol. The van der Waals surface area contributed by atoms with Gasteiger partial charge < -0.3 is 15.4 Å². The molecule has 7 nitrogen and oxygen atoms in total. The van der Waals surface area contributed by atoms with Gasteiger partial charge in [-0.1, -0.05) is 26.7 Å². The fraction of sp³-hybridized carbons (Fsp3) is 0.850. The van der Waals surface area contributed by atoms with Gasteiger partial charge in [-0.3, -0.25) is 4.99 Å². The molecule has 2 aliphatic rings. The Morgan fingerprint density at radius 3 is 2.71 bits per heavy atom. The number of hydrogen-bond acceptors (Lipinski definition) is 4. The van der Waals surface area contributed by atoms with Crippen molar-refractivity contribution in [2.24, 2.45) is 16.3 Å². The lowest BCUT2D eigenvalue weighted by Gasteiger charge is -2.31. The van der Waals surface area contributed by atoms with Gasteiger partial charge >= 0.3 is 0 Å². The zero-order valence-corrected chi connectivity index (χ0v) is 20.2. The molecule has 0 spiro atoms. The lowest BCUT2D eigenvalue weighted by atomic mass is 9.78. The standard InChI is InChI=1S/C20H36N6O.HI/c1-5-21-19(22-14-20(2,3)15-8-6-7-9-15)23-16-10-11-18-24-17(13-27-4)25-26(18)12-16;/h15-16H,5-14H2,1-4H3,(H2,21,22,23);1H. The van der Waals surface area contributed by atoms with Crippen LogP contribution in [0.2, 0.25) is 0 Å². The van der Waals surface area contributed by atoms with Crippen molar-refractivity contribution in [3.8, 4) is 0 Å². The minimum atomic E-state index is 0. The molecule has 1 saturated carbocycles. The Morgan fingerprint density at radius 2 is 2.04 bits per heavy atom. The Labute approximate surface area is 186 Å². The van der Waals surface area contributed by atoms with E-state index in [9.17, 15) is 0 Å². The first-order chi connectivity index (χ1) is 13.0. The van der Waals surface area contributed by atoms with E-state index < -0.39 is 0 Å².